The molecule has 0 unspecified atom stereocenters. The van der Waals surface area contributed by atoms with Crippen molar-refractivity contribution in [2.75, 3.05) is 13.2 Å². The Morgan fingerprint density at radius 1 is 1.31 bits per heavy atom. The Kier molecular flexibility index (Phi) is 7.04. The van der Waals surface area contributed by atoms with Gasteiger partial charge in [-0.15, -0.1) is 0 Å². The zero-order valence-electron chi connectivity index (χ0n) is 15.6. The normalized spacial score (nSPS) is 11.1. The van der Waals surface area contributed by atoms with Crippen LogP contribution in [0.1, 0.15) is 30.3 Å². The smallest absolute Gasteiger partial charge is 0.262 e. The van der Waals surface area contributed by atoms with Crippen LogP contribution in [0.3, 0.4) is 0 Å². The van der Waals surface area contributed by atoms with Crippen LogP contribution in [-0.2, 0) is 11.3 Å². The highest BCUT2D eigenvalue weighted by Gasteiger charge is 2.12. The van der Waals surface area contributed by atoms with E-state index >= 15 is 0 Å². The van der Waals surface area contributed by atoms with E-state index in [0.29, 0.717) is 13.2 Å². The molecule has 0 fully saturated rings. The Hall–Kier alpha value is -3.00. The van der Waals surface area contributed by atoms with Crippen molar-refractivity contribution in [2.45, 2.75) is 33.7 Å². The summed E-state index contributed by atoms with van der Waals surface area (Å²) in [5.74, 6) is 0.366. The molecule has 26 heavy (non-hydrogen) atoms. The number of benzene rings is 1. The van der Waals surface area contributed by atoms with Crippen molar-refractivity contribution in [3.05, 3.63) is 58.9 Å². The number of para-hydroxylation sites is 1. The molecule has 0 saturated carbocycles. The highest BCUT2D eigenvalue weighted by atomic mass is 16.5. The van der Waals surface area contributed by atoms with Gasteiger partial charge in [0.1, 0.15) is 24.0 Å². The van der Waals surface area contributed by atoms with Crippen molar-refractivity contribution in [2.24, 2.45) is 0 Å². The van der Waals surface area contributed by atoms with E-state index in [1.807, 2.05) is 56.3 Å². The fourth-order valence-corrected chi connectivity index (χ4v) is 2.79. The van der Waals surface area contributed by atoms with Gasteiger partial charge in [-0.25, -0.2) is 0 Å². The van der Waals surface area contributed by atoms with Gasteiger partial charge in [0.05, 0.1) is 6.54 Å². The van der Waals surface area contributed by atoms with Gasteiger partial charge >= 0.3 is 0 Å². The Labute approximate surface area is 154 Å². The summed E-state index contributed by atoms with van der Waals surface area (Å²) < 4.78 is 7.73. The number of amides is 1. The molecule has 136 valence electrons. The third kappa shape index (κ3) is 5.00. The maximum absolute atomic E-state index is 12.3. The first kappa shape index (κ1) is 19.3. The molecule has 0 aliphatic carbocycles. The number of nitriles is 1. The molecule has 1 N–H and O–H groups in total. The van der Waals surface area contributed by atoms with Crippen LogP contribution in [-0.4, -0.2) is 23.6 Å². The molecule has 0 aliphatic heterocycles. The molecule has 0 spiro atoms. The van der Waals surface area contributed by atoms with Gasteiger partial charge in [0.15, 0.2) is 0 Å². The fraction of sp³-hybridized carbons (Fsp3) is 0.333. The fourth-order valence-electron chi connectivity index (χ4n) is 2.79. The first-order valence-corrected chi connectivity index (χ1v) is 8.81. The second-order valence-corrected chi connectivity index (χ2v) is 6.07. The third-order valence-electron chi connectivity index (χ3n) is 4.12. The van der Waals surface area contributed by atoms with E-state index in [9.17, 15) is 10.1 Å². The molecule has 1 amide bonds. The monoisotopic (exact) mass is 351 g/mol. The lowest BCUT2D eigenvalue weighted by Crippen LogP contribution is -2.29. The average molecular weight is 351 g/mol. The van der Waals surface area contributed by atoms with Gasteiger partial charge in [0.2, 0.25) is 0 Å². The number of nitrogens with one attached hydrogen (secondary N) is 1. The molecule has 2 aromatic rings. The third-order valence-corrected chi connectivity index (χ3v) is 4.12. The summed E-state index contributed by atoms with van der Waals surface area (Å²) in [5, 5.41) is 12.1. The Bertz CT molecular complexity index is 814. The van der Waals surface area contributed by atoms with E-state index in [4.69, 9.17) is 4.74 Å². The van der Waals surface area contributed by atoms with Crippen molar-refractivity contribution < 1.29 is 9.53 Å². The predicted molar refractivity (Wildman–Crippen MR) is 103 cm³/mol. The van der Waals surface area contributed by atoms with Crippen LogP contribution in [0.5, 0.6) is 5.75 Å². The minimum atomic E-state index is -0.385. The van der Waals surface area contributed by atoms with Crippen molar-refractivity contribution >= 4 is 12.0 Å². The standard InChI is InChI=1S/C21H25N3O2/c1-4-11-24-16(2)13-18(17(24)3)14-19(15-22)21(25)23-10-12-26-20-8-6-5-7-9-20/h5-9,13-14H,4,10-12H2,1-3H3,(H,23,25)/b19-14-. The van der Waals surface area contributed by atoms with E-state index in [-0.39, 0.29) is 11.5 Å². The van der Waals surface area contributed by atoms with Gasteiger partial charge in [-0.2, -0.15) is 5.26 Å². The number of nitrogens with zero attached hydrogens (tertiary/aromatic N) is 2. The zero-order valence-corrected chi connectivity index (χ0v) is 15.6. The van der Waals surface area contributed by atoms with Crippen LogP contribution in [0, 0.1) is 25.2 Å². The summed E-state index contributed by atoms with van der Waals surface area (Å²) >= 11 is 0. The van der Waals surface area contributed by atoms with E-state index in [1.54, 1.807) is 6.08 Å². The number of carbonyl (C=O) groups is 1. The molecular weight excluding hydrogens is 326 g/mol. The lowest BCUT2D eigenvalue weighted by Gasteiger charge is -2.08. The van der Waals surface area contributed by atoms with Gasteiger partial charge in [-0.3, -0.25) is 4.79 Å². The lowest BCUT2D eigenvalue weighted by atomic mass is 10.1. The molecule has 0 radical (unpaired) electrons. The summed E-state index contributed by atoms with van der Waals surface area (Å²) in [4.78, 5) is 12.3. The maximum atomic E-state index is 12.3. The topological polar surface area (TPSA) is 67.0 Å². The quantitative estimate of drug-likeness (QED) is 0.449. The van der Waals surface area contributed by atoms with Crippen LogP contribution < -0.4 is 10.1 Å². The van der Waals surface area contributed by atoms with Crippen molar-refractivity contribution in [3.8, 4) is 11.8 Å². The molecule has 1 aromatic carbocycles. The van der Waals surface area contributed by atoms with E-state index < -0.39 is 0 Å². The number of hydrogen-bond donors (Lipinski definition) is 1. The second-order valence-electron chi connectivity index (χ2n) is 6.07. The average Bonchev–Trinajstić information content (AvgIpc) is 2.91. The summed E-state index contributed by atoms with van der Waals surface area (Å²) in [6, 6.07) is 13.4. The predicted octanol–water partition coefficient (Wildman–Crippen LogP) is 3.62. The molecule has 1 aromatic heterocycles. The number of aryl methyl sites for hydroxylation is 1. The summed E-state index contributed by atoms with van der Waals surface area (Å²) in [5.41, 5.74) is 3.20. The molecule has 1 heterocycles. The second kappa shape index (κ2) is 9.47. The number of hydrogen-bond acceptors (Lipinski definition) is 3. The molecule has 0 atom stereocenters. The van der Waals surface area contributed by atoms with E-state index in [1.165, 1.54) is 0 Å². The first-order valence-electron chi connectivity index (χ1n) is 8.81. The van der Waals surface area contributed by atoms with Gasteiger partial charge < -0.3 is 14.6 Å². The Morgan fingerprint density at radius 2 is 2.04 bits per heavy atom. The van der Waals surface area contributed by atoms with Crippen molar-refractivity contribution in [3.63, 3.8) is 0 Å². The van der Waals surface area contributed by atoms with Crippen LogP contribution in [0.4, 0.5) is 0 Å². The number of aromatic nitrogens is 1. The van der Waals surface area contributed by atoms with Crippen LogP contribution >= 0.6 is 0 Å². The molecule has 5 nitrogen and oxygen atoms in total. The van der Waals surface area contributed by atoms with Gasteiger partial charge in [0, 0.05) is 17.9 Å². The molecule has 2 rings (SSSR count). The Balaban J connectivity index is 1.97. The molecule has 0 bridgehead atoms. The summed E-state index contributed by atoms with van der Waals surface area (Å²) in [7, 11) is 0. The Morgan fingerprint density at radius 3 is 2.69 bits per heavy atom. The molecule has 0 saturated heterocycles. The molecular formula is C21H25N3O2. The van der Waals surface area contributed by atoms with Crippen LogP contribution in [0.2, 0.25) is 0 Å². The first-order chi connectivity index (χ1) is 12.6. The zero-order chi connectivity index (χ0) is 18.9. The van der Waals surface area contributed by atoms with Gasteiger partial charge in [-0.05, 0) is 50.1 Å². The van der Waals surface area contributed by atoms with E-state index in [2.05, 4.69) is 16.8 Å². The highest BCUT2D eigenvalue weighted by Crippen LogP contribution is 2.18. The largest absolute Gasteiger partial charge is 0.492 e. The summed E-state index contributed by atoms with van der Waals surface area (Å²) in [6.45, 7) is 7.78. The van der Waals surface area contributed by atoms with Gasteiger partial charge in [0.25, 0.3) is 5.91 Å². The highest BCUT2D eigenvalue weighted by molar-refractivity contribution is 6.01. The lowest BCUT2D eigenvalue weighted by molar-refractivity contribution is -0.117. The maximum Gasteiger partial charge on any atom is 0.262 e. The molecule has 5 heteroatoms. The summed E-state index contributed by atoms with van der Waals surface area (Å²) in [6.07, 6.45) is 2.69. The minimum Gasteiger partial charge on any atom is -0.492 e. The number of rotatable bonds is 8. The molecule has 0 aliphatic rings. The van der Waals surface area contributed by atoms with Crippen molar-refractivity contribution in [1.29, 1.82) is 5.26 Å². The number of carbonyl (C=O) groups excluding carboxylic acids is 1. The van der Waals surface area contributed by atoms with Crippen LogP contribution in [0.15, 0.2) is 42.0 Å². The van der Waals surface area contributed by atoms with Crippen molar-refractivity contribution in [1.82, 2.24) is 9.88 Å². The number of ether oxygens (including phenoxy) is 1. The van der Waals surface area contributed by atoms with E-state index in [0.717, 1.165) is 35.7 Å². The van der Waals surface area contributed by atoms with Gasteiger partial charge in [-0.1, -0.05) is 25.1 Å². The minimum absolute atomic E-state index is 0.0986. The van der Waals surface area contributed by atoms with Crippen LogP contribution in [0.25, 0.3) is 6.08 Å². The SMILES string of the molecule is CCCn1c(C)cc(/C=C(/C#N)C(=O)NCCOc2ccccc2)c1C.